The van der Waals surface area contributed by atoms with Gasteiger partial charge in [-0.05, 0) is 39.0 Å². The molecule has 0 radical (unpaired) electrons. The van der Waals surface area contributed by atoms with E-state index in [1.54, 1.807) is 12.1 Å². The van der Waals surface area contributed by atoms with Crippen LogP contribution in [-0.4, -0.2) is 68.4 Å². The number of esters is 4. The van der Waals surface area contributed by atoms with Crippen LogP contribution in [0.4, 0.5) is 5.69 Å². The van der Waals surface area contributed by atoms with Crippen molar-refractivity contribution in [2.75, 3.05) is 39.5 Å². The molecule has 0 atom stereocenters. The minimum absolute atomic E-state index is 0.00145. The molecule has 0 aromatic heterocycles. The highest BCUT2D eigenvalue weighted by atomic mass is 16.6. The van der Waals surface area contributed by atoms with Crippen molar-refractivity contribution < 1.29 is 38.1 Å². The Hall–Kier alpha value is -4.28. The number of carbonyl (C=O) groups is 4. The topological polar surface area (TPSA) is 133 Å². The van der Waals surface area contributed by atoms with Crippen molar-refractivity contribution in [3.63, 3.8) is 0 Å². The number of hydrogen-bond acceptors (Lipinski definition) is 10. The van der Waals surface area contributed by atoms with Crippen molar-refractivity contribution in [3.05, 3.63) is 66.3 Å². The maximum Gasteiger partial charge on any atom is 0.338 e. The van der Waals surface area contributed by atoms with E-state index in [-0.39, 0.29) is 61.8 Å². The highest BCUT2D eigenvalue weighted by molar-refractivity contribution is 5.90. The molecule has 0 aliphatic rings. The molecular formula is C25H31N3O8. The second-order valence-corrected chi connectivity index (χ2v) is 7.58. The molecule has 0 aliphatic carbocycles. The zero-order chi connectivity index (χ0) is 27.1. The van der Waals surface area contributed by atoms with Gasteiger partial charge < -0.3 is 18.9 Å². The zero-order valence-corrected chi connectivity index (χ0v) is 20.8. The smallest absolute Gasteiger partial charge is 0.338 e. The zero-order valence-electron chi connectivity index (χ0n) is 20.8. The molecule has 1 aromatic rings. The van der Waals surface area contributed by atoms with E-state index in [0.717, 1.165) is 0 Å². The van der Waals surface area contributed by atoms with Gasteiger partial charge in [0, 0.05) is 16.7 Å². The van der Waals surface area contributed by atoms with E-state index in [0.29, 0.717) is 5.69 Å². The Morgan fingerprint density at radius 2 is 1.22 bits per heavy atom. The third-order valence-corrected chi connectivity index (χ3v) is 4.13. The molecule has 0 aliphatic heterocycles. The second kappa shape index (κ2) is 15.6. The molecule has 1 aromatic carbocycles. The van der Waals surface area contributed by atoms with E-state index < -0.39 is 23.9 Å². The summed E-state index contributed by atoms with van der Waals surface area (Å²) in [6.45, 7) is 15.2. The molecule has 0 spiro atoms. The summed E-state index contributed by atoms with van der Waals surface area (Å²) in [5.74, 6) is -2.28. The molecule has 0 amide bonds. The van der Waals surface area contributed by atoms with Crippen LogP contribution in [-0.2, 0) is 33.3 Å². The molecule has 0 heterocycles. The lowest BCUT2D eigenvalue weighted by Gasteiger charge is -2.17. The van der Waals surface area contributed by atoms with Crippen molar-refractivity contribution in [1.29, 1.82) is 0 Å². The average molecular weight is 502 g/mol. The summed E-state index contributed by atoms with van der Waals surface area (Å²) in [5.41, 5.74) is 1.33. The third kappa shape index (κ3) is 11.7. The fourth-order valence-electron chi connectivity index (χ4n) is 2.22. The Bertz CT molecular complexity index is 1000. The molecule has 0 bridgehead atoms. The lowest BCUT2D eigenvalue weighted by molar-refractivity contribution is -0.141. The Morgan fingerprint density at radius 1 is 0.750 bits per heavy atom. The first kappa shape index (κ1) is 29.8. The first-order valence-corrected chi connectivity index (χ1v) is 10.9. The van der Waals surface area contributed by atoms with Gasteiger partial charge in [-0.2, -0.15) is 0 Å². The molecule has 11 nitrogen and oxygen atoms in total. The van der Waals surface area contributed by atoms with Crippen LogP contribution in [0, 0.1) is 0 Å². The molecule has 0 saturated carbocycles. The number of benzene rings is 1. The largest absolute Gasteiger partial charge is 0.460 e. The fourth-order valence-corrected chi connectivity index (χ4v) is 2.22. The van der Waals surface area contributed by atoms with Gasteiger partial charge in [-0.1, -0.05) is 31.0 Å². The number of rotatable bonds is 15. The molecular weight excluding hydrogens is 470 g/mol. The van der Waals surface area contributed by atoms with E-state index in [1.165, 1.54) is 37.9 Å². The van der Waals surface area contributed by atoms with Crippen LogP contribution in [0.2, 0.25) is 0 Å². The SMILES string of the molecule is C=C(C)C(=O)OCCOC(=O)c1cccc(/N=N/N(CCOC(=O)C(=C)C)CCOC(=O)C(=C)C)c1. The Labute approximate surface area is 210 Å². The molecule has 0 saturated heterocycles. The number of ether oxygens (including phenoxy) is 4. The maximum atomic E-state index is 12.3. The van der Waals surface area contributed by atoms with Crippen LogP contribution in [0.1, 0.15) is 31.1 Å². The quantitative estimate of drug-likeness (QED) is 0.0884. The first-order chi connectivity index (χ1) is 17.0. The Balaban J connectivity index is 2.75. The van der Waals surface area contributed by atoms with Gasteiger partial charge in [0.15, 0.2) is 0 Å². The van der Waals surface area contributed by atoms with Crippen LogP contribution in [0.25, 0.3) is 0 Å². The summed E-state index contributed by atoms with van der Waals surface area (Å²) in [4.78, 5) is 46.8. The molecule has 11 heteroatoms. The first-order valence-electron chi connectivity index (χ1n) is 10.9. The second-order valence-electron chi connectivity index (χ2n) is 7.58. The number of carbonyl (C=O) groups excluding carboxylic acids is 4. The van der Waals surface area contributed by atoms with E-state index in [9.17, 15) is 19.2 Å². The van der Waals surface area contributed by atoms with E-state index in [2.05, 4.69) is 30.1 Å². The van der Waals surface area contributed by atoms with Gasteiger partial charge in [-0.3, -0.25) is 5.01 Å². The monoisotopic (exact) mass is 501 g/mol. The van der Waals surface area contributed by atoms with Crippen LogP contribution in [0.15, 0.2) is 71.1 Å². The van der Waals surface area contributed by atoms with Crippen LogP contribution < -0.4 is 0 Å². The van der Waals surface area contributed by atoms with E-state index in [1.807, 2.05) is 0 Å². The molecule has 0 N–H and O–H groups in total. The van der Waals surface area contributed by atoms with Gasteiger partial charge in [0.25, 0.3) is 0 Å². The minimum atomic E-state index is -0.631. The summed E-state index contributed by atoms with van der Waals surface area (Å²) in [7, 11) is 0. The third-order valence-electron chi connectivity index (χ3n) is 4.13. The van der Waals surface area contributed by atoms with Crippen molar-refractivity contribution in [1.82, 2.24) is 5.01 Å². The predicted octanol–water partition coefficient (Wildman–Crippen LogP) is 3.50. The van der Waals surface area contributed by atoms with Crippen molar-refractivity contribution in [2.45, 2.75) is 20.8 Å². The standard InChI is InChI=1S/C25H31N3O8/c1-17(2)22(29)33-12-10-28(11-13-34-23(30)18(3)4)27-26-21-9-7-8-20(16-21)25(32)36-15-14-35-24(31)19(5)6/h7-9,16H,1,3,5,10-15H2,2,4,6H3/b27-26+. The van der Waals surface area contributed by atoms with Crippen LogP contribution in [0.3, 0.4) is 0 Å². The van der Waals surface area contributed by atoms with Crippen molar-refractivity contribution >= 4 is 29.6 Å². The van der Waals surface area contributed by atoms with Crippen molar-refractivity contribution in [3.8, 4) is 0 Å². The lowest BCUT2D eigenvalue weighted by atomic mass is 10.2. The summed E-state index contributed by atoms with van der Waals surface area (Å²) in [6, 6.07) is 6.22. The molecule has 1 rings (SSSR count). The molecule has 36 heavy (non-hydrogen) atoms. The summed E-state index contributed by atoms with van der Waals surface area (Å²) in [5, 5.41) is 9.65. The highest BCUT2D eigenvalue weighted by Gasteiger charge is 2.11. The number of nitrogens with zero attached hydrogens (tertiary/aromatic N) is 3. The lowest BCUT2D eigenvalue weighted by Crippen LogP contribution is -2.27. The highest BCUT2D eigenvalue weighted by Crippen LogP contribution is 2.16. The van der Waals surface area contributed by atoms with E-state index in [4.69, 9.17) is 18.9 Å². The van der Waals surface area contributed by atoms with E-state index >= 15 is 0 Å². The van der Waals surface area contributed by atoms with Crippen LogP contribution in [0.5, 0.6) is 0 Å². The van der Waals surface area contributed by atoms with Crippen LogP contribution >= 0.6 is 0 Å². The van der Waals surface area contributed by atoms with Gasteiger partial charge in [0.05, 0.1) is 24.3 Å². The Morgan fingerprint density at radius 3 is 1.72 bits per heavy atom. The molecule has 194 valence electrons. The maximum absolute atomic E-state index is 12.3. The predicted molar refractivity (Wildman–Crippen MR) is 130 cm³/mol. The summed E-state index contributed by atoms with van der Waals surface area (Å²) < 4.78 is 20.1. The van der Waals surface area contributed by atoms with Gasteiger partial charge in [-0.15, -0.1) is 5.11 Å². The molecule has 0 fully saturated rings. The number of hydrogen-bond donors (Lipinski definition) is 0. The average Bonchev–Trinajstić information content (AvgIpc) is 2.84. The summed E-state index contributed by atoms with van der Waals surface area (Å²) in [6.07, 6.45) is 0. The normalized spacial score (nSPS) is 10.3. The van der Waals surface area contributed by atoms with Crippen molar-refractivity contribution in [2.24, 2.45) is 10.3 Å². The fraction of sp³-hybridized carbons (Fsp3) is 0.360. The van der Waals surface area contributed by atoms with Gasteiger partial charge in [0.2, 0.25) is 0 Å². The van der Waals surface area contributed by atoms with Gasteiger partial charge >= 0.3 is 23.9 Å². The summed E-state index contributed by atoms with van der Waals surface area (Å²) >= 11 is 0. The minimum Gasteiger partial charge on any atom is -0.460 e. The van der Waals surface area contributed by atoms with Gasteiger partial charge in [0.1, 0.15) is 26.4 Å². The molecule has 0 unspecified atom stereocenters. The Kier molecular flexibility index (Phi) is 12.9. The van der Waals surface area contributed by atoms with Gasteiger partial charge in [-0.25, -0.2) is 19.2 Å².